The highest BCUT2D eigenvalue weighted by molar-refractivity contribution is 7.89. The number of piperidine rings is 1. The van der Waals surface area contributed by atoms with Crippen LogP contribution in [0.25, 0.3) is 0 Å². The minimum absolute atomic E-state index is 0.137. The maximum atomic E-state index is 12.5. The summed E-state index contributed by atoms with van der Waals surface area (Å²) in [5.74, 6) is -1.03. The summed E-state index contributed by atoms with van der Waals surface area (Å²) in [6.45, 7) is 2.88. The lowest BCUT2D eigenvalue weighted by molar-refractivity contribution is -0.151. The van der Waals surface area contributed by atoms with Crippen LogP contribution in [0.3, 0.4) is 0 Å². The lowest BCUT2D eigenvalue weighted by Crippen LogP contribution is -2.48. The van der Waals surface area contributed by atoms with Gasteiger partial charge < -0.3 is 10.4 Å². The van der Waals surface area contributed by atoms with Crippen LogP contribution in [0, 0.1) is 11.3 Å². The van der Waals surface area contributed by atoms with Gasteiger partial charge in [0.25, 0.3) is 0 Å². The molecule has 1 saturated carbocycles. The smallest absolute Gasteiger partial charge is 0.311 e. The van der Waals surface area contributed by atoms with E-state index in [4.69, 9.17) is 0 Å². The molecule has 1 aliphatic heterocycles. The SMILES string of the molecule is CCCCS(=O)(=O)N1CCC(C(=O)NCC2(C(=O)O)CCCCC2)CC1. The van der Waals surface area contributed by atoms with Gasteiger partial charge in [-0.15, -0.1) is 0 Å². The fourth-order valence-electron chi connectivity index (χ4n) is 3.95. The number of hydrogen-bond acceptors (Lipinski definition) is 4. The minimum Gasteiger partial charge on any atom is -0.481 e. The number of carboxylic acid groups (broad SMARTS) is 1. The van der Waals surface area contributed by atoms with Gasteiger partial charge in [0.15, 0.2) is 0 Å². The zero-order valence-electron chi connectivity index (χ0n) is 15.7. The number of hydrogen-bond donors (Lipinski definition) is 2. The number of sulfonamides is 1. The quantitative estimate of drug-likeness (QED) is 0.662. The number of carbonyl (C=O) groups is 2. The summed E-state index contributed by atoms with van der Waals surface area (Å²) in [7, 11) is -3.22. The van der Waals surface area contributed by atoms with Crippen LogP contribution < -0.4 is 5.32 Å². The van der Waals surface area contributed by atoms with Crippen molar-refractivity contribution in [2.24, 2.45) is 11.3 Å². The number of nitrogens with zero attached hydrogens (tertiary/aromatic N) is 1. The average molecular weight is 389 g/mol. The predicted molar refractivity (Wildman–Crippen MR) is 99.2 cm³/mol. The van der Waals surface area contributed by atoms with Gasteiger partial charge in [-0.2, -0.15) is 0 Å². The van der Waals surface area contributed by atoms with E-state index in [1.165, 1.54) is 4.31 Å². The highest BCUT2D eigenvalue weighted by atomic mass is 32.2. The number of carbonyl (C=O) groups excluding carboxylic acids is 1. The van der Waals surface area contributed by atoms with Crippen molar-refractivity contribution in [3.63, 3.8) is 0 Å². The fourth-order valence-corrected chi connectivity index (χ4v) is 5.63. The normalized spacial score (nSPS) is 22.0. The molecule has 0 aromatic heterocycles. The van der Waals surface area contributed by atoms with Crippen LogP contribution >= 0.6 is 0 Å². The molecule has 2 rings (SSSR count). The zero-order chi connectivity index (χ0) is 19.2. The van der Waals surface area contributed by atoms with E-state index in [0.717, 1.165) is 25.7 Å². The van der Waals surface area contributed by atoms with Gasteiger partial charge in [0.2, 0.25) is 15.9 Å². The Morgan fingerprint density at radius 1 is 1.15 bits per heavy atom. The summed E-state index contributed by atoms with van der Waals surface area (Å²) in [5, 5.41) is 12.4. The van der Waals surface area contributed by atoms with E-state index >= 15 is 0 Å². The summed E-state index contributed by atoms with van der Waals surface area (Å²) in [6.07, 6.45) is 6.52. The molecule has 0 aromatic carbocycles. The molecule has 2 N–H and O–H groups in total. The number of carboxylic acids is 1. The second kappa shape index (κ2) is 9.17. The third-order valence-electron chi connectivity index (χ3n) is 5.84. The van der Waals surface area contributed by atoms with E-state index in [0.29, 0.717) is 45.2 Å². The maximum absolute atomic E-state index is 12.5. The van der Waals surface area contributed by atoms with Gasteiger partial charge in [0, 0.05) is 25.6 Å². The van der Waals surface area contributed by atoms with Crippen LogP contribution in [0.2, 0.25) is 0 Å². The van der Waals surface area contributed by atoms with Crippen LogP contribution in [0.5, 0.6) is 0 Å². The van der Waals surface area contributed by atoms with Crippen molar-refractivity contribution in [2.75, 3.05) is 25.4 Å². The highest BCUT2D eigenvalue weighted by Crippen LogP contribution is 2.36. The molecule has 0 aromatic rings. The molecule has 26 heavy (non-hydrogen) atoms. The Bertz CT molecular complexity index is 591. The van der Waals surface area contributed by atoms with Crippen molar-refractivity contribution in [1.82, 2.24) is 9.62 Å². The Morgan fingerprint density at radius 2 is 1.77 bits per heavy atom. The Kier molecular flexibility index (Phi) is 7.46. The molecule has 7 nitrogen and oxygen atoms in total. The molecular formula is C18H32N2O5S. The number of nitrogens with one attached hydrogen (secondary N) is 1. The summed E-state index contributed by atoms with van der Waals surface area (Å²) in [6, 6.07) is 0. The predicted octanol–water partition coefficient (Wildman–Crippen LogP) is 1.98. The van der Waals surface area contributed by atoms with Crippen LogP contribution in [0.1, 0.15) is 64.7 Å². The van der Waals surface area contributed by atoms with E-state index in [9.17, 15) is 23.1 Å². The van der Waals surface area contributed by atoms with Gasteiger partial charge in [0.05, 0.1) is 11.2 Å². The first kappa shape index (κ1) is 21.2. The lowest BCUT2D eigenvalue weighted by atomic mass is 9.74. The second-order valence-electron chi connectivity index (χ2n) is 7.71. The van der Waals surface area contributed by atoms with E-state index in [2.05, 4.69) is 5.32 Å². The van der Waals surface area contributed by atoms with E-state index in [1.807, 2.05) is 6.92 Å². The fraction of sp³-hybridized carbons (Fsp3) is 0.889. The third-order valence-corrected chi connectivity index (χ3v) is 7.80. The molecule has 1 amide bonds. The molecule has 0 radical (unpaired) electrons. The number of unbranched alkanes of at least 4 members (excludes halogenated alkanes) is 1. The summed E-state index contributed by atoms with van der Waals surface area (Å²) in [4.78, 5) is 24.1. The molecule has 8 heteroatoms. The summed E-state index contributed by atoms with van der Waals surface area (Å²) >= 11 is 0. The Morgan fingerprint density at radius 3 is 2.31 bits per heavy atom. The maximum Gasteiger partial charge on any atom is 0.311 e. The Labute approximate surface area is 156 Å². The van der Waals surface area contributed by atoms with E-state index in [1.54, 1.807) is 0 Å². The molecule has 1 saturated heterocycles. The minimum atomic E-state index is -3.22. The van der Waals surface area contributed by atoms with Crippen LogP contribution in [0.4, 0.5) is 0 Å². The first-order chi connectivity index (χ1) is 12.3. The Balaban J connectivity index is 1.83. The third kappa shape index (κ3) is 5.19. The van der Waals surface area contributed by atoms with Crippen molar-refractivity contribution < 1.29 is 23.1 Å². The van der Waals surface area contributed by atoms with Crippen LogP contribution in [-0.4, -0.2) is 55.1 Å². The number of rotatable bonds is 8. The van der Waals surface area contributed by atoms with Gasteiger partial charge in [-0.25, -0.2) is 12.7 Å². The standard InChI is InChI=1S/C18H32N2O5S/c1-2-3-13-26(24,25)20-11-7-15(8-12-20)16(21)19-14-18(17(22)23)9-5-4-6-10-18/h15H,2-14H2,1H3,(H,19,21)(H,22,23). The largest absolute Gasteiger partial charge is 0.481 e. The molecule has 1 heterocycles. The molecule has 0 spiro atoms. The summed E-state index contributed by atoms with van der Waals surface area (Å²) in [5.41, 5.74) is -0.835. The molecule has 0 bridgehead atoms. The van der Waals surface area contributed by atoms with Crippen molar-refractivity contribution >= 4 is 21.9 Å². The van der Waals surface area contributed by atoms with Crippen molar-refractivity contribution in [2.45, 2.75) is 64.7 Å². The molecule has 150 valence electrons. The van der Waals surface area contributed by atoms with Crippen molar-refractivity contribution in [3.05, 3.63) is 0 Å². The zero-order valence-corrected chi connectivity index (χ0v) is 16.5. The first-order valence-electron chi connectivity index (χ1n) is 9.80. The lowest BCUT2D eigenvalue weighted by Gasteiger charge is -2.34. The molecular weight excluding hydrogens is 356 g/mol. The van der Waals surface area contributed by atoms with Gasteiger partial charge >= 0.3 is 5.97 Å². The first-order valence-corrected chi connectivity index (χ1v) is 11.4. The topological polar surface area (TPSA) is 104 Å². The monoisotopic (exact) mass is 388 g/mol. The van der Waals surface area contributed by atoms with Crippen molar-refractivity contribution in [3.8, 4) is 0 Å². The number of amides is 1. The van der Waals surface area contributed by atoms with E-state index < -0.39 is 21.4 Å². The molecule has 2 aliphatic rings. The van der Waals surface area contributed by atoms with Gasteiger partial charge in [-0.05, 0) is 32.1 Å². The molecule has 0 unspecified atom stereocenters. The van der Waals surface area contributed by atoms with Crippen LogP contribution in [0.15, 0.2) is 0 Å². The van der Waals surface area contributed by atoms with Gasteiger partial charge in [-0.3, -0.25) is 9.59 Å². The average Bonchev–Trinajstić information content (AvgIpc) is 2.65. The Hall–Kier alpha value is -1.15. The van der Waals surface area contributed by atoms with E-state index in [-0.39, 0.29) is 24.1 Å². The summed E-state index contributed by atoms with van der Waals surface area (Å²) < 4.78 is 26.0. The second-order valence-corrected chi connectivity index (χ2v) is 9.80. The highest BCUT2D eigenvalue weighted by Gasteiger charge is 2.40. The van der Waals surface area contributed by atoms with Crippen molar-refractivity contribution in [1.29, 1.82) is 0 Å². The molecule has 0 atom stereocenters. The number of aliphatic carboxylic acids is 1. The van der Waals surface area contributed by atoms with Gasteiger partial charge in [-0.1, -0.05) is 32.6 Å². The van der Waals surface area contributed by atoms with Gasteiger partial charge in [0.1, 0.15) is 0 Å². The van der Waals surface area contributed by atoms with Crippen LogP contribution in [-0.2, 0) is 19.6 Å². The molecule has 1 aliphatic carbocycles. The molecule has 2 fully saturated rings.